The number of carbonyl (C=O) groups is 2. The molecule has 0 bridgehead atoms. The molecular formula is C14H17N3O2. The predicted molar refractivity (Wildman–Crippen MR) is 72.3 cm³/mol. The van der Waals surface area contributed by atoms with E-state index in [1.165, 1.54) is 5.01 Å². The number of hydrogen-bond acceptors (Lipinski definition) is 4. The Kier molecular flexibility index (Phi) is 3.14. The molecule has 0 fully saturated rings. The number of aromatic nitrogens is 1. The van der Waals surface area contributed by atoms with Gasteiger partial charge in [0.2, 0.25) is 0 Å². The van der Waals surface area contributed by atoms with E-state index < -0.39 is 0 Å². The standard InChI is InChI=1S/C14H17N3O2/c1-8-6-7-12(15-11(8)4)16(5)17-13(18)9(2)10(3)14(17)19/h6-7H,1-5H3. The highest BCUT2D eigenvalue weighted by Crippen LogP contribution is 2.24. The van der Waals surface area contributed by atoms with Crippen LogP contribution in [0.2, 0.25) is 0 Å². The maximum Gasteiger partial charge on any atom is 0.276 e. The van der Waals surface area contributed by atoms with Gasteiger partial charge in [0.1, 0.15) is 5.82 Å². The summed E-state index contributed by atoms with van der Waals surface area (Å²) in [5.74, 6) is 0.00218. The van der Waals surface area contributed by atoms with Crippen molar-refractivity contribution in [2.75, 3.05) is 12.1 Å². The molecule has 1 aromatic rings. The van der Waals surface area contributed by atoms with E-state index in [-0.39, 0.29) is 11.8 Å². The summed E-state index contributed by atoms with van der Waals surface area (Å²) in [6.45, 7) is 7.19. The molecule has 5 heteroatoms. The molecule has 0 aromatic carbocycles. The quantitative estimate of drug-likeness (QED) is 0.759. The average molecular weight is 259 g/mol. The lowest BCUT2D eigenvalue weighted by Gasteiger charge is -2.27. The van der Waals surface area contributed by atoms with Crippen molar-refractivity contribution >= 4 is 17.6 Å². The summed E-state index contributed by atoms with van der Waals surface area (Å²) in [4.78, 5) is 28.5. The van der Waals surface area contributed by atoms with Crippen molar-refractivity contribution in [3.05, 3.63) is 34.5 Å². The van der Waals surface area contributed by atoms with E-state index in [0.717, 1.165) is 16.3 Å². The Morgan fingerprint density at radius 1 is 1.00 bits per heavy atom. The molecule has 2 rings (SSSR count). The van der Waals surface area contributed by atoms with Gasteiger partial charge >= 0.3 is 0 Å². The molecule has 0 radical (unpaired) electrons. The monoisotopic (exact) mass is 259 g/mol. The molecule has 0 aliphatic carbocycles. The Balaban J connectivity index is 2.36. The van der Waals surface area contributed by atoms with E-state index in [0.29, 0.717) is 17.0 Å². The van der Waals surface area contributed by atoms with Crippen LogP contribution in [0.5, 0.6) is 0 Å². The first-order valence-corrected chi connectivity index (χ1v) is 6.08. The third kappa shape index (κ3) is 2.01. The fourth-order valence-corrected chi connectivity index (χ4v) is 1.90. The fourth-order valence-electron chi connectivity index (χ4n) is 1.90. The van der Waals surface area contributed by atoms with Gasteiger partial charge in [-0.2, -0.15) is 5.01 Å². The van der Waals surface area contributed by atoms with Crippen LogP contribution in [-0.4, -0.2) is 28.9 Å². The third-order valence-corrected chi connectivity index (χ3v) is 3.56. The van der Waals surface area contributed by atoms with E-state index in [1.54, 1.807) is 27.0 Å². The van der Waals surface area contributed by atoms with Gasteiger partial charge in [-0.3, -0.25) is 14.6 Å². The maximum absolute atomic E-state index is 12.1. The molecule has 0 N–H and O–H groups in total. The normalized spacial score (nSPS) is 15.5. The number of aryl methyl sites for hydroxylation is 2. The van der Waals surface area contributed by atoms with Crippen LogP contribution < -0.4 is 5.01 Å². The van der Waals surface area contributed by atoms with E-state index in [4.69, 9.17) is 0 Å². The second-order valence-corrected chi connectivity index (χ2v) is 4.77. The van der Waals surface area contributed by atoms with E-state index in [2.05, 4.69) is 4.98 Å². The highest BCUT2D eigenvalue weighted by Gasteiger charge is 2.36. The molecule has 1 aliphatic heterocycles. The van der Waals surface area contributed by atoms with Gasteiger partial charge in [-0.05, 0) is 39.3 Å². The largest absolute Gasteiger partial charge is 0.276 e. The SMILES string of the molecule is CC1=C(C)C(=O)N(N(C)c2ccc(C)c(C)n2)C1=O. The zero-order chi connectivity index (χ0) is 14.3. The number of nitrogens with zero attached hydrogens (tertiary/aromatic N) is 3. The maximum atomic E-state index is 12.1. The molecule has 0 atom stereocenters. The molecule has 0 unspecified atom stereocenters. The Labute approximate surface area is 112 Å². The van der Waals surface area contributed by atoms with Crippen molar-refractivity contribution in [3.8, 4) is 0 Å². The molecule has 100 valence electrons. The van der Waals surface area contributed by atoms with Crippen LogP contribution in [0.25, 0.3) is 0 Å². The lowest BCUT2D eigenvalue weighted by atomic mass is 10.2. The molecular weight excluding hydrogens is 242 g/mol. The first-order valence-electron chi connectivity index (χ1n) is 6.08. The van der Waals surface area contributed by atoms with Gasteiger partial charge in [0.05, 0.1) is 0 Å². The van der Waals surface area contributed by atoms with Gasteiger partial charge in [-0.15, -0.1) is 0 Å². The number of anilines is 1. The molecule has 2 amide bonds. The Bertz CT molecular complexity index is 581. The summed E-state index contributed by atoms with van der Waals surface area (Å²) >= 11 is 0. The molecule has 0 saturated heterocycles. The molecule has 0 spiro atoms. The third-order valence-electron chi connectivity index (χ3n) is 3.56. The number of amides is 2. The minimum absolute atomic E-state index is 0.287. The lowest BCUT2D eigenvalue weighted by molar-refractivity contribution is -0.138. The molecule has 2 heterocycles. The van der Waals surface area contributed by atoms with Crippen molar-refractivity contribution in [1.29, 1.82) is 0 Å². The number of rotatable bonds is 2. The Morgan fingerprint density at radius 2 is 1.53 bits per heavy atom. The van der Waals surface area contributed by atoms with Crippen LogP contribution in [-0.2, 0) is 9.59 Å². The second kappa shape index (κ2) is 4.50. The molecule has 1 aromatic heterocycles. The zero-order valence-electron chi connectivity index (χ0n) is 11.8. The first kappa shape index (κ1) is 13.3. The van der Waals surface area contributed by atoms with Gasteiger partial charge < -0.3 is 0 Å². The number of hydrogen-bond donors (Lipinski definition) is 0. The van der Waals surface area contributed by atoms with E-state index in [1.807, 2.05) is 19.9 Å². The highest BCUT2D eigenvalue weighted by molar-refractivity contribution is 6.19. The van der Waals surface area contributed by atoms with Gasteiger partial charge in [0.25, 0.3) is 11.8 Å². The predicted octanol–water partition coefficient (Wildman–Crippen LogP) is 1.75. The number of pyridine rings is 1. The smallest absolute Gasteiger partial charge is 0.267 e. The van der Waals surface area contributed by atoms with Gasteiger partial charge in [-0.25, -0.2) is 4.98 Å². The van der Waals surface area contributed by atoms with Crippen LogP contribution >= 0.6 is 0 Å². The summed E-state index contributed by atoms with van der Waals surface area (Å²) in [7, 11) is 1.67. The van der Waals surface area contributed by atoms with Gasteiger partial charge in [-0.1, -0.05) is 6.07 Å². The molecule has 1 aliphatic rings. The van der Waals surface area contributed by atoms with Crippen molar-refractivity contribution in [3.63, 3.8) is 0 Å². The topological polar surface area (TPSA) is 53.5 Å². The van der Waals surface area contributed by atoms with Crippen molar-refractivity contribution < 1.29 is 9.59 Å². The first-order chi connectivity index (χ1) is 8.84. The van der Waals surface area contributed by atoms with Crippen LogP contribution in [0.4, 0.5) is 5.82 Å². The van der Waals surface area contributed by atoms with Crippen molar-refractivity contribution in [2.45, 2.75) is 27.7 Å². The Morgan fingerprint density at radius 3 is 2.00 bits per heavy atom. The molecule has 5 nitrogen and oxygen atoms in total. The van der Waals surface area contributed by atoms with E-state index in [9.17, 15) is 9.59 Å². The minimum Gasteiger partial charge on any atom is -0.267 e. The molecule has 0 saturated carbocycles. The van der Waals surface area contributed by atoms with Crippen LogP contribution in [0, 0.1) is 13.8 Å². The summed E-state index contributed by atoms with van der Waals surface area (Å²) in [6, 6.07) is 3.72. The van der Waals surface area contributed by atoms with Gasteiger partial charge in [0, 0.05) is 23.9 Å². The number of carbonyl (C=O) groups excluding carboxylic acids is 2. The zero-order valence-corrected chi connectivity index (χ0v) is 11.8. The van der Waals surface area contributed by atoms with Crippen molar-refractivity contribution in [1.82, 2.24) is 9.99 Å². The highest BCUT2D eigenvalue weighted by atomic mass is 16.2. The lowest BCUT2D eigenvalue weighted by Crippen LogP contribution is -2.45. The van der Waals surface area contributed by atoms with Crippen LogP contribution in [0.1, 0.15) is 25.1 Å². The van der Waals surface area contributed by atoms with Crippen LogP contribution in [0.3, 0.4) is 0 Å². The average Bonchev–Trinajstić information content (AvgIpc) is 2.57. The minimum atomic E-state index is -0.287. The van der Waals surface area contributed by atoms with Gasteiger partial charge in [0.15, 0.2) is 0 Å². The second-order valence-electron chi connectivity index (χ2n) is 4.77. The summed E-state index contributed by atoms with van der Waals surface area (Å²) in [5.41, 5.74) is 2.92. The number of hydrazine groups is 1. The Hall–Kier alpha value is -2.17. The summed E-state index contributed by atoms with van der Waals surface area (Å²) < 4.78 is 0. The van der Waals surface area contributed by atoms with Crippen LogP contribution in [0.15, 0.2) is 23.3 Å². The van der Waals surface area contributed by atoms with E-state index >= 15 is 0 Å². The van der Waals surface area contributed by atoms with Crippen molar-refractivity contribution in [2.24, 2.45) is 0 Å². The molecule has 19 heavy (non-hydrogen) atoms. The summed E-state index contributed by atoms with van der Waals surface area (Å²) in [5, 5.41) is 2.62. The fraction of sp³-hybridized carbons (Fsp3) is 0.357. The summed E-state index contributed by atoms with van der Waals surface area (Å²) in [6.07, 6.45) is 0. The number of imide groups is 1.